The molecule has 70 valence electrons. The van der Waals surface area contributed by atoms with Gasteiger partial charge in [0.2, 0.25) is 0 Å². The van der Waals surface area contributed by atoms with E-state index in [0.29, 0.717) is 11.1 Å². The van der Waals surface area contributed by atoms with E-state index in [9.17, 15) is 9.18 Å². The van der Waals surface area contributed by atoms with Crippen molar-refractivity contribution in [1.82, 2.24) is 0 Å². The zero-order valence-electron chi connectivity index (χ0n) is 6.90. The first-order chi connectivity index (χ1) is 6.06. The summed E-state index contributed by atoms with van der Waals surface area (Å²) in [4.78, 5) is 11.2. The highest BCUT2D eigenvalue weighted by atomic mass is 79.9. The van der Waals surface area contributed by atoms with Crippen LogP contribution in [-0.4, -0.2) is 11.1 Å². The number of hydrogen-bond acceptors (Lipinski definition) is 1. The molecule has 0 aliphatic rings. The highest BCUT2D eigenvalue weighted by Gasteiger charge is 2.10. The normalized spacial score (nSPS) is 10.2. The molecular formula is C9H7BrClFO. The average molecular weight is 266 g/mol. The minimum atomic E-state index is -0.465. The summed E-state index contributed by atoms with van der Waals surface area (Å²) in [5.74, 6) is -0.571. The van der Waals surface area contributed by atoms with Crippen molar-refractivity contribution in [2.75, 3.05) is 5.33 Å². The lowest BCUT2D eigenvalue weighted by molar-refractivity contribution is 0.102. The molecular weight excluding hydrogens is 258 g/mol. The average Bonchev–Trinajstić information content (AvgIpc) is 2.12. The van der Waals surface area contributed by atoms with Crippen LogP contribution in [0.25, 0.3) is 0 Å². The number of alkyl halides is 1. The first-order valence-corrected chi connectivity index (χ1v) is 5.11. The SMILES string of the molecule is Cc1cc(C(=O)CBr)cc(Cl)c1F. The molecule has 0 aliphatic heterocycles. The van der Waals surface area contributed by atoms with Crippen molar-refractivity contribution in [3.63, 3.8) is 0 Å². The first-order valence-electron chi connectivity index (χ1n) is 3.61. The molecule has 0 heterocycles. The summed E-state index contributed by atoms with van der Waals surface area (Å²) in [6, 6.07) is 2.83. The van der Waals surface area contributed by atoms with E-state index in [-0.39, 0.29) is 16.1 Å². The number of Topliss-reactive ketones (excluding diaryl/α,β-unsaturated/α-hetero) is 1. The molecule has 0 spiro atoms. The topological polar surface area (TPSA) is 17.1 Å². The molecule has 0 saturated carbocycles. The fourth-order valence-electron chi connectivity index (χ4n) is 0.965. The van der Waals surface area contributed by atoms with Crippen molar-refractivity contribution in [3.05, 3.63) is 34.1 Å². The van der Waals surface area contributed by atoms with Crippen LogP contribution in [0.4, 0.5) is 4.39 Å². The molecule has 0 atom stereocenters. The van der Waals surface area contributed by atoms with Gasteiger partial charge in [-0.25, -0.2) is 4.39 Å². The predicted molar refractivity (Wildman–Crippen MR) is 54.3 cm³/mol. The number of halogens is 3. The van der Waals surface area contributed by atoms with Crippen molar-refractivity contribution < 1.29 is 9.18 Å². The zero-order chi connectivity index (χ0) is 10.0. The lowest BCUT2D eigenvalue weighted by Crippen LogP contribution is -2.01. The van der Waals surface area contributed by atoms with Gasteiger partial charge in [-0.2, -0.15) is 0 Å². The fourth-order valence-corrected chi connectivity index (χ4v) is 1.56. The Balaban J connectivity index is 3.20. The van der Waals surface area contributed by atoms with Crippen molar-refractivity contribution >= 4 is 33.3 Å². The largest absolute Gasteiger partial charge is 0.293 e. The third kappa shape index (κ3) is 2.29. The molecule has 0 N–H and O–H groups in total. The lowest BCUT2D eigenvalue weighted by atomic mass is 10.1. The number of benzene rings is 1. The molecule has 0 saturated heterocycles. The van der Waals surface area contributed by atoms with E-state index in [1.807, 2.05) is 0 Å². The maximum Gasteiger partial charge on any atom is 0.173 e. The van der Waals surface area contributed by atoms with Gasteiger partial charge < -0.3 is 0 Å². The molecule has 0 aromatic heterocycles. The van der Waals surface area contributed by atoms with Gasteiger partial charge in [0.15, 0.2) is 5.78 Å². The van der Waals surface area contributed by atoms with Crippen LogP contribution < -0.4 is 0 Å². The van der Waals surface area contributed by atoms with E-state index in [0.717, 1.165) is 0 Å². The molecule has 13 heavy (non-hydrogen) atoms. The summed E-state index contributed by atoms with van der Waals surface area (Å²) in [6.45, 7) is 1.58. The van der Waals surface area contributed by atoms with Crippen LogP contribution in [0.5, 0.6) is 0 Å². The Morgan fingerprint density at radius 3 is 2.69 bits per heavy atom. The van der Waals surface area contributed by atoms with Crippen molar-refractivity contribution in [3.8, 4) is 0 Å². The number of rotatable bonds is 2. The third-order valence-electron chi connectivity index (χ3n) is 1.65. The number of aryl methyl sites for hydroxylation is 1. The highest BCUT2D eigenvalue weighted by Crippen LogP contribution is 2.20. The van der Waals surface area contributed by atoms with Gasteiger partial charge in [-0.05, 0) is 24.6 Å². The smallest absolute Gasteiger partial charge is 0.173 e. The van der Waals surface area contributed by atoms with Gasteiger partial charge >= 0.3 is 0 Å². The summed E-state index contributed by atoms with van der Waals surface area (Å²) in [6.07, 6.45) is 0. The summed E-state index contributed by atoms with van der Waals surface area (Å²) in [7, 11) is 0. The predicted octanol–water partition coefficient (Wildman–Crippen LogP) is 3.37. The fraction of sp³-hybridized carbons (Fsp3) is 0.222. The third-order valence-corrected chi connectivity index (χ3v) is 2.44. The maximum atomic E-state index is 13.0. The monoisotopic (exact) mass is 264 g/mol. The second kappa shape index (κ2) is 4.20. The van der Waals surface area contributed by atoms with Crippen molar-refractivity contribution in [2.24, 2.45) is 0 Å². The van der Waals surface area contributed by atoms with E-state index >= 15 is 0 Å². The Morgan fingerprint density at radius 1 is 1.62 bits per heavy atom. The molecule has 0 radical (unpaired) electrons. The number of carbonyl (C=O) groups excluding carboxylic acids is 1. The molecule has 0 unspecified atom stereocenters. The number of hydrogen-bond donors (Lipinski definition) is 0. The van der Waals surface area contributed by atoms with E-state index < -0.39 is 5.82 Å². The molecule has 4 heteroatoms. The van der Waals surface area contributed by atoms with Crippen LogP contribution in [0.15, 0.2) is 12.1 Å². The Bertz CT molecular complexity index is 328. The second-order valence-electron chi connectivity index (χ2n) is 2.65. The standard InChI is InChI=1S/C9H7BrClFO/c1-5-2-6(8(13)4-10)3-7(11)9(5)12/h2-3H,4H2,1H3. The van der Waals surface area contributed by atoms with Gasteiger partial charge in [-0.3, -0.25) is 4.79 Å². The molecule has 0 bridgehead atoms. The van der Waals surface area contributed by atoms with Crippen LogP contribution in [0.2, 0.25) is 5.02 Å². The minimum Gasteiger partial charge on any atom is -0.293 e. The molecule has 0 aliphatic carbocycles. The number of carbonyl (C=O) groups is 1. The quantitative estimate of drug-likeness (QED) is 0.592. The molecule has 1 rings (SSSR count). The Morgan fingerprint density at radius 2 is 2.23 bits per heavy atom. The summed E-state index contributed by atoms with van der Waals surface area (Å²) >= 11 is 8.61. The molecule has 0 fully saturated rings. The highest BCUT2D eigenvalue weighted by molar-refractivity contribution is 9.09. The summed E-state index contributed by atoms with van der Waals surface area (Å²) in [5, 5.41) is 0.207. The second-order valence-corrected chi connectivity index (χ2v) is 3.61. The van der Waals surface area contributed by atoms with E-state index in [1.54, 1.807) is 6.92 Å². The zero-order valence-corrected chi connectivity index (χ0v) is 9.25. The molecule has 1 aromatic carbocycles. The van der Waals surface area contributed by atoms with Gasteiger partial charge in [0.1, 0.15) is 5.82 Å². The van der Waals surface area contributed by atoms with Crippen LogP contribution >= 0.6 is 27.5 Å². The summed E-state index contributed by atoms with van der Waals surface area (Å²) < 4.78 is 13.0. The lowest BCUT2D eigenvalue weighted by Gasteiger charge is -2.02. The van der Waals surface area contributed by atoms with E-state index in [2.05, 4.69) is 15.9 Å². The van der Waals surface area contributed by atoms with Crippen molar-refractivity contribution in [2.45, 2.75) is 6.92 Å². The molecule has 1 aromatic rings. The van der Waals surface area contributed by atoms with Gasteiger partial charge in [0.25, 0.3) is 0 Å². The van der Waals surface area contributed by atoms with Gasteiger partial charge in [-0.1, -0.05) is 27.5 Å². The van der Waals surface area contributed by atoms with E-state index in [4.69, 9.17) is 11.6 Å². The first kappa shape index (κ1) is 10.7. The van der Waals surface area contributed by atoms with Gasteiger partial charge in [0.05, 0.1) is 10.4 Å². The van der Waals surface area contributed by atoms with E-state index in [1.165, 1.54) is 12.1 Å². The Hall–Kier alpha value is -0.410. The summed E-state index contributed by atoms with van der Waals surface area (Å²) in [5.41, 5.74) is 0.817. The number of ketones is 1. The van der Waals surface area contributed by atoms with Crippen LogP contribution in [0.1, 0.15) is 15.9 Å². The minimum absolute atomic E-state index is 0.00991. The van der Waals surface area contributed by atoms with Gasteiger partial charge in [-0.15, -0.1) is 0 Å². The Labute approximate surface area is 89.0 Å². The van der Waals surface area contributed by atoms with Crippen molar-refractivity contribution in [1.29, 1.82) is 0 Å². The van der Waals surface area contributed by atoms with Crippen LogP contribution in [-0.2, 0) is 0 Å². The molecule has 1 nitrogen and oxygen atoms in total. The maximum absolute atomic E-state index is 13.0. The van der Waals surface area contributed by atoms with Crippen LogP contribution in [0.3, 0.4) is 0 Å². The molecule has 0 amide bonds. The van der Waals surface area contributed by atoms with Crippen LogP contribution in [0, 0.1) is 12.7 Å². The Kier molecular flexibility index (Phi) is 3.45. The van der Waals surface area contributed by atoms with Gasteiger partial charge in [0, 0.05) is 5.56 Å².